The highest BCUT2D eigenvalue weighted by molar-refractivity contribution is 6.39. The molecule has 1 aromatic rings. The van der Waals surface area contributed by atoms with E-state index in [0.717, 1.165) is 12.8 Å². The number of hydrogen-bond acceptors (Lipinski definition) is 2. The molecule has 0 unspecified atom stereocenters. The number of anilines is 1. The average Bonchev–Trinajstić information content (AvgIpc) is 2.97. The van der Waals surface area contributed by atoms with Crippen LogP contribution in [0.1, 0.15) is 29.6 Å². The molecule has 0 bridgehead atoms. The predicted molar refractivity (Wildman–Crippen MR) is 62.5 cm³/mol. The highest BCUT2D eigenvalue weighted by atomic mass is 35.5. The number of ketones is 1. The molecule has 1 saturated carbocycles. The van der Waals surface area contributed by atoms with Crippen molar-refractivity contribution in [3.63, 3.8) is 0 Å². The first-order valence-electron chi connectivity index (χ1n) is 4.85. The van der Waals surface area contributed by atoms with E-state index in [9.17, 15) is 4.79 Å². The minimum absolute atomic E-state index is 0.0984. The standard InChI is InChI=1S/C11H11Cl2NO/c12-8-4-7(5-9(13)11(8)14)10(15)3-6-1-2-6/h4-6H,1-3,14H2. The molecule has 0 heterocycles. The SMILES string of the molecule is Nc1c(Cl)cc(C(=O)CC2CC2)cc1Cl. The van der Waals surface area contributed by atoms with Crippen LogP contribution in [-0.4, -0.2) is 5.78 Å². The zero-order valence-electron chi connectivity index (χ0n) is 8.09. The number of carbonyl (C=O) groups is 1. The molecule has 15 heavy (non-hydrogen) atoms. The van der Waals surface area contributed by atoms with Crippen molar-refractivity contribution in [1.29, 1.82) is 0 Å². The lowest BCUT2D eigenvalue weighted by molar-refractivity contribution is 0.0976. The largest absolute Gasteiger partial charge is 0.396 e. The van der Waals surface area contributed by atoms with Crippen molar-refractivity contribution in [3.05, 3.63) is 27.7 Å². The van der Waals surface area contributed by atoms with Gasteiger partial charge in [-0.3, -0.25) is 4.79 Å². The van der Waals surface area contributed by atoms with Crippen molar-refractivity contribution in [3.8, 4) is 0 Å². The second-order valence-corrected chi connectivity index (χ2v) is 4.74. The van der Waals surface area contributed by atoms with E-state index in [-0.39, 0.29) is 5.78 Å². The van der Waals surface area contributed by atoms with Gasteiger partial charge in [0.1, 0.15) is 0 Å². The Morgan fingerprint density at radius 3 is 2.33 bits per heavy atom. The van der Waals surface area contributed by atoms with Crippen molar-refractivity contribution < 1.29 is 4.79 Å². The second-order valence-electron chi connectivity index (χ2n) is 3.92. The molecular weight excluding hydrogens is 233 g/mol. The molecule has 2 N–H and O–H groups in total. The van der Waals surface area contributed by atoms with E-state index in [1.165, 1.54) is 0 Å². The number of carbonyl (C=O) groups excluding carboxylic acids is 1. The summed E-state index contributed by atoms with van der Waals surface area (Å²) in [7, 11) is 0. The molecule has 80 valence electrons. The molecule has 1 aliphatic rings. The lowest BCUT2D eigenvalue weighted by atomic mass is 10.1. The molecule has 0 saturated heterocycles. The summed E-state index contributed by atoms with van der Waals surface area (Å²) in [4.78, 5) is 11.8. The second kappa shape index (κ2) is 4.03. The van der Waals surface area contributed by atoms with Crippen LogP contribution in [-0.2, 0) is 0 Å². The van der Waals surface area contributed by atoms with Gasteiger partial charge >= 0.3 is 0 Å². The van der Waals surface area contributed by atoms with Gasteiger partial charge in [0.15, 0.2) is 5.78 Å². The third-order valence-electron chi connectivity index (χ3n) is 2.57. The molecule has 0 aromatic heterocycles. The maximum absolute atomic E-state index is 11.8. The molecule has 4 heteroatoms. The third-order valence-corrected chi connectivity index (χ3v) is 3.20. The lowest BCUT2D eigenvalue weighted by Gasteiger charge is -2.05. The van der Waals surface area contributed by atoms with Crippen molar-refractivity contribution in [2.75, 3.05) is 5.73 Å². The van der Waals surface area contributed by atoms with Gasteiger partial charge in [-0.05, 0) is 30.9 Å². The van der Waals surface area contributed by atoms with Crippen LogP contribution >= 0.6 is 23.2 Å². The van der Waals surface area contributed by atoms with Crippen molar-refractivity contribution >= 4 is 34.7 Å². The summed E-state index contributed by atoms with van der Waals surface area (Å²) in [5, 5.41) is 0.697. The fourth-order valence-corrected chi connectivity index (χ4v) is 1.93. The van der Waals surface area contributed by atoms with Gasteiger partial charge in [0.05, 0.1) is 15.7 Å². The normalized spacial score (nSPS) is 15.3. The van der Waals surface area contributed by atoms with Crippen molar-refractivity contribution in [1.82, 2.24) is 0 Å². The lowest BCUT2D eigenvalue weighted by Crippen LogP contribution is -2.01. The summed E-state index contributed by atoms with van der Waals surface area (Å²) in [6.07, 6.45) is 2.90. The van der Waals surface area contributed by atoms with Crippen LogP contribution in [0.3, 0.4) is 0 Å². The number of nitrogens with two attached hydrogens (primary N) is 1. The number of nitrogen functional groups attached to an aromatic ring is 1. The highest BCUT2D eigenvalue weighted by Crippen LogP contribution is 2.35. The summed E-state index contributed by atoms with van der Waals surface area (Å²) in [6, 6.07) is 3.18. The molecule has 0 atom stereocenters. The smallest absolute Gasteiger partial charge is 0.163 e. The Morgan fingerprint density at radius 1 is 1.33 bits per heavy atom. The summed E-state index contributed by atoms with van der Waals surface area (Å²) < 4.78 is 0. The summed E-state index contributed by atoms with van der Waals surface area (Å²) in [6.45, 7) is 0. The number of halogens is 2. The molecule has 2 rings (SSSR count). The van der Waals surface area contributed by atoms with E-state index in [1.807, 2.05) is 0 Å². The van der Waals surface area contributed by atoms with E-state index in [2.05, 4.69) is 0 Å². The van der Waals surface area contributed by atoms with Gasteiger partial charge < -0.3 is 5.73 Å². The first-order valence-corrected chi connectivity index (χ1v) is 5.61. The van der Waals surface area contributed by atoms with Gasteiger partial charge in [-0.1, -0.05) is 23.2 Å². The minimum atomic E-state index is 0.0984. The maximum atomic E-state index is 11.8. The monoisotopic (exact) mass is 243 g/mol. The van der Waals surface area contributed by atoms with E-state index < -0.39 is 0 Å². The van der Waals surface area contributed by atoms with Gasteiger partial charge in [0.2, 0.25) is 0 Å². The first kappa shape index (κ1) is 10.8. The van der Waals surface area contributed by atoms with Gasteiger partial charge in [-0.15, -0.1) is 0 Å². The summed E-state index contributed by atoms with van der Waals surface area (Å²) in [5.41, 5.74) is 6.49. The van der Waals surface area contributed by atoms with E-state index in [4.69, 9.17) is 28.9 Å². The number of benzene rings is 1. The molecule has 0 spiro atoms. The average molecular weight is 244 g/mol. The van der Waals surface area contributed by atoms with Crippen molar-refractivity contribution in [2.45, 2.75) is 19.3 Å². The number of Topliss-reactive ketones (excluding diaryl/α,β-unsaturated/α-hetero) is 1. The Bertz CT molecular complexity index is 390. The zero-order valence-corrected chi connectivity index (χ0v) is 9.61. The highest BCUT2D eigenvalue weighted by Gasteiger charge is 2.25. The van der Waals surface area contributed by atoms with Crippen molar-refractivity contribution in [2.24, 2.45) is 5.92 Å². The van der Waals surface area contributed by atoms with E-state index in [1.54, 1.807) is 12.1 Å². The number of hydrogen-bond donors (Lipinski definition) is 1. The van der Waals surface area contributed by atoms with Crippen LogP contribution in [0.15, 0.2) is 12.1 Å². The molecule has 2 nitrogen and oxygen atoms in total. The van der Waals surface area contributed by atoms with Gasteiger partial charge in [-0.25, -0.2) is 0 Å². The molecule has 1 aromatic carbocycles. The topological polar surface area (TPSA) is 43.1 Å². The molecule has 1 aliphatic carbocycles. The minimum Gasteiger partial charge on any atom is -0.396 e. The van der Waals surface area contributed by atoms with Crippen LogP contribution < -0.4 is 5.73 Å². The molecule has 0 radical (unpaired) electrons. The predicted octanol–water partition coefficient (Wildman–Crippen LogP) is 3.56. The van der Waals surface area contributed by atoms with Crippen LogP contribution in [0.4, 0.5) is 5.69 Å². The Hall–Kier alpha value is -0.730. The summed E-state index contributed by atoms with van der Waals surface area (Å²) in [5.74, 6) is 0.661. The van der Waals surface area contributed by atoms with E-state index >= 15 is 0 Å². The molecule has 0 aliphatic heterocycles. The first-order chi connectivity index (χ1) is 7.08. The Balaban J connectivity index is 2.23. The third kappa shape index (κ3) is 2.44. The zero-order chi connectivity index (χ0) is 11.0. The molecule has 1 fully saturated rings. The Kier molecular flexibility index (Phi) is 2.89. The van der Waals surface area contributed by atoms with E-state index in [0.29, 0.717) is 33.6 Å². The quantitative estimate of drug-likeness (QED) is 0.652. The molecule has 0 amide bonds. The Morgan fingerprint density at radius 2 is 1.87 bits per heavy atom. The van der Waals surface area contributed by atoms with Crippen LogP contribution in [0.25, 0.3) is 0 Å². The molecular formula is C11H11Cl2NO. The fourth-order valence-electron chi connectivity index (χ4n) is 1.45. The van der Waals surface area contributed by atoms with Crippen LogP contribution in [0.5, 0.6) is 0 Å². The summed E-state index contributed by atoms with van der Waals surface area (Å²) >= 11 is 11.7. The Labute approximate surface area is 98.4 Å². The number of rotatable bonds is 3. The van der Waals surface area contributed by atoms with Crippen LogP contribution in [0, 0.1) is 5.92 Å². The fraction of sp³-hybridized carbons (Fsp3) is 0.364. The van der Waals surface area contributed by atoms with Crippen LogP contribution in [0.2, 0.25) is 10.0 Å². The van der Waals surface area contributed by atoms with Gasteiger partial charge in [0.25, 0.3) is 0 Å². The maximum Gasteiger partial charge on any atom is 0.163 e. The van der Waals surface area contributed by atoms with Gasteiger partial charge in [-0.2, -0.15) is 0 Å². The van der Waals surface area contributed by atoms with Gasteiger partial charge in [0, 0.05) is 12.0 Å².